The molecule has 1 saturated carbocycles. The summed E-state index contributed by atoms with van der Waals surface area (Å²) in [4.78, 5) is 4.67. The minimum atomic E-state index is 0.654. The summed E-state index contributed by atoms with van der Waals surface area (Å²) in [6.07, 6.45) is 12.1. The fourth-order valence-electron chi connectivity index (χ4n) is 3.31. The van der Waals surface area contributed by atoms with Crippen molar-refractivity contribution in [3.05, 3.63) is 18.2 Å². The van der Waals surface area contributed by atoms with E-state index in [0.717, 1.165) is 19.0 Å². The van der Waals surface area contributed by atoms with Crippen molar-refractivity contribution in [3.8, 4) is 0 Å². The Balaban J connectivity index is 2.17. The molecule has 1 heterocycles. The molecule has 102 valence electrons. The highest BCUT2D eigenvalue weighted by atomic mass is 15.1. The Morgan fingerprint density at radius 3 is 2.94 bits per heavy atom. The van der Waals surface area contributed by atoms with Crippen molar-refractivity contribution in [2.45, 2.75) is 57.9 Å². The molecule has 2 atom stereocenters. The molecule has 18 heavy (non-hydrogen) atoms. The Kier molecular flexibility index (Phi) is 5.24. The first-order valence-electron chi connectivity index (χ1n) is 7.52. The molecule has 3 heteroatoms. The molecule has 0 amide bonds. The first kappa shape index (κ1) is 13.6. The zero-order valence-electron chi connectivity index (χ0n) is 11.9. The Labute approximate surface area is 111 Å². The SMILES string of the molecule is CCCn1ccnc1C1CCCCCC1CNC. The van der Waals surface area contributed by atoms with E-state index in [1.54, 1.807) is 0 Å². The van der Waals surface area contributed by atoms with Gasteiger partial charge in [0.2, 0.25) is 0 Å². The van der Waals surface area contributed by atoms with Crippen LogP contribution in [0.1, 0.15) is 57.2 Å². The average Bonchev–Trinajstić information content (AvgIpc) is 2.69. The number of hydrogen-bond acceptors (Lipinski definition) is 2. The van der Waals surface area contributed by atoms with Gasteiger partial charge in [0.25, 0.3) is 0 Å². The number of aromatic nitrogens is 2. The highest BCUT2D eigenvalue weighted by Crippen LogP contribution is 2.35. The summed E-state index contributed by atoms with van der Waals surface area (Å²) >= 11 is 0. The Morgan fingerprint density at radius 1 is 1.33 bits per heavy atom. The fourth-order valence-corrected chi connectivity index (χ4v) is 3.31. The highest BCUT2D eigenvalue weighted by Gasteiger charge is 2.27. The number of nitrogens with zero attached hydrogens (tertiary/aromatic N) is 2. The highest BCUT2D eigenvalue weighted by molar-refractivity contribution is 5.04. The number of nitrogens with one attached hydrogen (secondary N) is 1. The van der Waals surface area contributed by atoms with E-state index in [0.29, 0.717) is 5.92 Å². The van der Waals surface area contributed by atoms with Gasteiger partial charge in [-0.1, -0.05) is 26.2 Å². The number of imidazole rings is 1. The standard InChI is InChI=1S/C15H27N3/c1-3-10-18-11-9-17-15(18)14-8-6-4-5-7-13(14)12-16-2/h9,11,13-14,16H,3-8,10,12H2,1-2H3. The van der Waals surface area contributed by atoms with Crippen molar-refractivity contribution in [1.29, 1.82) is 0 Å². The molecule has 0 spiro atoms. The molecule has 1 aromatic heterocycles. The van der Waals surface area contributed by atoms with Gasteiger partial charge in [0.1, 0.15) is 5.82 Å². The van der Waals surface area contributed by atoms with Gasteiger partial charge in [-0.05, 0) is 38.8 Å². The quantitative estimate of drug-likeness (QED) is 0.812. The van der Waals surface area contributed by atoms with Gasteiger partial charge in [-0.3, -0.25) is 0 Å². The van der Waals surface area contributed by atoms with E-state index >= 15 is 0 Å². The Morgan fingerprint density at radius 2 is 2.17 bits per heavy atom. The molecule has 1 aliphatic rings. The first-order valence-corrected chi connectivity index (χ1v) is 7.52. The first-order chi connectivity index (χ1) is 8.86. The summed E-state index contributed by atoms with van der Waals surface area (Å²) < 4.78 is 2.37. The molecule has 1 aromatic rings. The number of rotatable bonds is 5. The van der Waals surface area contributed by atoms with E-state index in [2.05, 4.69) is 35.0 Å². The second kappa shape index (κ2) is 6.93. The number of hydrogen-bond donors (Lipinski definition) is 1. The van der Waals surface area contributed by atoms with Gasteiger partial charge in [0.15, 0.2) is 0 Å². The molecule has 0 aromatic carbocycles. The lowest BCUT2D eigenvalue weighted by molar-refractivity contribution is 0.363. The van der Waals surface area contributed by atoms with Crippen LogP contribution in [0.4, 0.5) is 0 Å². The zero-order chi connectivity index (χ0) is 12.8. The zero-order valence-corrected chi connectivity index (χ0v) is 11.9. The molecular weight excluding hydrogens is 222 g/mol. The summed E-state index contributed by atoms with van der Waals surface area (Å²) in [5, 5.41) is 3.37. The van der Waals surface area contributed by atoms with Crippen LogP contribution >= 0.6 is 0 Å². The fraction of sp³-hybridized carbons (Fsp3) is 0.800. The van der Waals surface area contributed by atoms with E-state index in [4.69, 9.17) is 0 Å². The van der Waals surface area contributed by atoms with Crippen molar-refractivity contribution in [3.63, 3.8) is 0 Å². The van der Waals surface area contributed by atoms with Crippen molar-refractivity contribution < 1.29 is 0 Å². The smallest absolute Gasteiger partial charge is 0.112 e. The van der Waals surface area contributed by atoms with Crippen LogP contribution in [0, 0.1) is 5.92 Å². The van der Waals surface area contributed by atoms with E-state index in [1.807, 2.05) is 6.20 Å². The molecule has 1 aliphatic carbocycles. The van der Waals surface area contributed by atoms with E-state index in [-0.39, 0.29) is 0 Å². The summed E-state index contributed by atoms with van der Waals surface area (Å²) in [6.45, 7) is 4.48. The Bertz CT molecular complexity index is 345. The van der Waals surface area contributed by atoms with E-state index < -0.39 is 0 Å². The van der Waals surface area contributed by atoms with Crippen molar-refractivity contribution in [2.24, 2.45) is 5.92 Å². The second-order valence-corrected chi connectivity index (χ2v) is 5.54. The molecule has 0 radical (unpaired) electrons. The maximum atomic E-state index is 4.67. The van der Waals surface area contributed by atoms with Crippen LogP contribution in [-0.2, 0) is 6.54 Å². The average molecular weight is 249 g/mol. The van der Waals surface area contributed by atoms with E-state index in [9.17, 15) is 0 Å². The minimum absolute atomic E-state index is 0.654. The molecule has 0 aliphatic heterocycles. The lowest BCUT2D eigenvalue weighted by Gasteiger charge is -2.25. The number of aryl methyl sites for hydroxylation is 1. The second-order valence-electron chi connectivity index (χ2n) is 5.54. The largest absolute Gasteiger partial charge is 0.335 e. The summed E-state index contributed by atoms with van der Waals surface area (Å²) in [7, 11) is 2.07. The third kappa shape index (κ3) is 3.14. The summed E-state index contributed by atoms with van der Waals surface area (Å²) in [5.74, 6) is 2.75. The molecular formula is C15H27N3. The lowest BCUT2D eigenvalue weighted by atomic mass is 9.87. The van der Waals surface area contributed by atoms with Crippen molar-refractivity contribution in [1.82, 2.24) is 14.9 Å². The summed E-state index contributed by atoms with van der Waals surface area (Å²) in [6, 6.07) is 0. The van der Waals surface area contributed by atoms with Gasteiger partial charge >= 0.3 is 0 Å². The van der Waals surface area contributed by atoms with Gasteiger partial charge in [0.05, 0.1) is 0 Å². The van der Waals surface area contributed by atoms with Crippen LogP contribution < -0.4 is 5.32 Å². The van der Waals surface area contributed by atoms with Crippen LogP contribution in [0.15, 0.2) is 12.4 Å². The minimum Gasteiger partial charge on any atom is -0.335 e. The van der Waals surface area contributed by atoms with Crippen LogP contribution in [0.2, 0.25) is 0 Å². The maximum absolute atomic E-state index is 4.67. The van der Waals surface area contributed by atoms with Crippen LogP contribution in [0.25, 0.3) is 0 Å². The van der Waals surface area contributed by atoms with Gasteiger partial charge in [0, 0.05) is 24.9 Å². The molecule has 2 unspecified atom stereocenters. The predicted octanol–water partition coefficient (Wildman–Crippen LogP) is 3.18. The maximum Gasteiger partial charge on any atom is 0.112 e. The molecule has 1 fully saturated rings. The topological polar surface area (TPSA) is 29.9 Å². The Hall–Kier alpha value is -0.830. The monoisotopic (exact) mass is 249 g/mol. The summed E-state index contributed by atoms with van der Waals surface area (Å²) in [5.41, 5.74) is 0. The van der Waals surface area contributed by atoms with Crippen LogP contribution in [0.5, 0.6) is 0 Å². The van der Waals surface area contributed by atoms with Crippen LogP contribution in [0.3, 0.4) is 0 Å². The lowest BCUT2D eigenvalue weighted by Crippen LogP contribution is -2.26. The molecule has 0 saturated heterocycles. The van der Waals surface area contributed by atoms with Gasteiger partial charge < -0.3 is 9.88 Å². The third-order valence-electron chi connectivity index (χ3n) is 4.17. The van der Waals surface area contributed by atoms with Gasteiger partial charge in [-0.2, -0.15) is 0 Å². The third-order valence-corrected chi connectivity index (χ3v) is 4.17. The van der Waals surface area contributed by atoms with Crippen LogP contribution in [-0.4, -0.2) is 23.1 Å². The normalized spacial score (nSPS) is 25.0. The molecule has 3 nitrogen and oxygen atoms in total. The van der Waals surface area contributed by atoms with Gasteiger partial charge in [-0.25, -0.2) is 4.98 Å². The van der Waals surface area contributed by atoms with Gasteiger partial charge in [-0.15, -0.1) is 0 Å². The molecule has 1 N–H and O–H groups in total. The predicted molar refractivity (Wildman–Crippen MR) is 75.8 cm³/mol. The molecule has 2 rings (SSSR count). The molecule has 0 bridgehead atoms. The van der Waals surface area contributed by atoms with Crippen molar-refractivity contribution in [2.75, 3.05) is 13.6 Å². The van der Waals surface area contributed by atoms with E-state index in [1.165, 1.54) is 44.3 Å². The van der Waals surface area contributed by atoms with Crippen molar-refractivity contribution >= 4 is 0 Å².